The van der Waals surface area contributed by atoms with Crippen LogP contribution >= 0.6 is 0 Å². The topological polar surface area (TPSA) is 206 Å². The van der Waals surface area contributed by atoms with Crippen molar-refractivity contribution >= 4 is 62.6 Å². The summed E-state index contributed by atoms with van der Waals surface area (Å²) >= 11 is 0. The number of nitrogens with zero attached hydrogens (tertiary/aromatic N) is 3. The van der Waals surface area contributed by atoms with Crippen LogP contribution in [0.2, 0.25) is 0 Å². The van der Waals surface area contributed by atoms with Crippen molar-refractivity contribution in [2.24, 2.45) is 5.92 Å². The van der Waals surface area contributed by atoms with E-state index in [4.69, 9.17) is 9.47 Å². The minimum Gasteiger partial charge on any atom is -0.493 e. The third-order valence-corrected chi connectivity index (χ3v) is 13.4. The molecule has 0 aromatic heterocycles. The molecule has 7 amide bonds. The first kappa shape index (κ1) is 45.9. The third kappa shape index (κ3) is 9.68. The Balaban J connectivity index is 0.920. The van der Waals surface area contributed by atoms with Crippen LogP contribution in [-0.2, 0) is 30.6 Å². The summed E-state index contributed by atoms with van der Waals surface area (Å²) in [5, 5.41) is 4.97. The number of carbonyl (C=O) groups excluding carboxylic acids is 7. The van der Waals surface area contributed by atoms with Crippen molar-refractivity contribution in [2.45, 2.75) is 96.6 Å². The Morgan fingerprint density at radius 3 is 2.27 bits per heavy atom. The molecule has 2 fully saturated rings. The van der Waals surface area contributed by atoms with Crippen molar-refractivity contribution in [2.75, 3.05) is 49.0 Å². The van der Waals surface area contributed by atoms with Crippen LogP contribution in [0.15, 0.2) is 48.5 Å². The summed E-state index contributed by atoms with van der Waals surface area (Å²) in [4.78, 5) is 95.9. The molecule has 0 spiro atoms. The van der Waals surface area contributed by atoms with Crippen LogP contribution in [0.3, 0.4) is 0 Å². The lowest BCUT2D eigenvalue weighted by molar-refractivity contribution is -0.136. The maximum absolute atomic E-state index is 14.1. The van der Waals surface area contributed by atoms with E-state index >= 15 is 0 Å². The maximum Gasteiger partial charge on any atom is 0.264 e. The summed E-state index contributed by atoms with van der Waals surface area (Å²) in [6, 6.07) is 11.3. The number of aryl methyl sites for hydroxylation is 1. The average molecular weight is 898 g/mol. The van der Waals surface area contributed by atoms with Gasteiger partial charge in [-0.3, -0.25) is 48.7 Å². The van der Waals surface area contributed by atoms with Gasteiger partial charge in [0.15, 0.2) is 11.5 Å². The minimum absolute atomic E-state index is 0.0273. The molecule has 4 heterocycles. The van der Waals surface area contributed by atoms with Gasteiger partial charge in [0.1, 0.15) is 15.9 Å². The first-order valence-electron chi connectivity index (χ1n) is 22.0. The van der Waals surface area contributed by atoms with E-state index in [2.05, 4.69) is 15.5 Å². The zero-order chi connectivity index (χ0) is 45.9. The third-order valence-electron chi connectivity index (χ3n) is 12.5. The van der Waals surface area contributed by atoms with E-state index in [1.165, 1.54) is 14.0 Å². The Bertz CT molecular complexity index is 2500. The molecule has 340 valence electrons. The van der Waals surface area contributed by atoms with Crippen LogP contribution < -0.4 is 25.0 Å². The predicted molar refractivity (Wildman–Crippen MR) is 237 cm³/mol. The molecule has 0 radical (unpaired) electrons. The molecule has 4 aliphatic rings. The highest BCUT2D eigenvalue weighted by Gasteiger charge is 2.47. The van der Waals surface area contributed by atoms with Gasteiger partial charge in [-0.25, -0.2) is 8.42 Å². The lowest BCUT2D eigenvalue weighted by Gasteiger charge is -2.34. The van der Waals surface area contributed by atoms with Gasteiger partial charge in [-0.1, -0.05) is 44.2 Å². The molecule has 7 rings (SSSR count). The summed E-state index contributed by atoms with van der Waals surface area (Å²) < 4.78 is 36.5. The van der Waals surface area contributed by atoms with Crippen LogP contribution in [0.25, 0.3) is 0 Å². The number of ether oxygens (including phenoxy) is 2. The van der Waals surface area contributed by atoms with Crippen LogP contribution in [-0.4, -0.2) is 104 Å². The zero-order valence-electron chi connectivity index (χ0n) is 36.7. The molecule has 0 bridgehead atoms. The van der Waals surface area contributed by atoms with Gasteiger partial charge in [0.25, 0.3) is 23.6 Å². The summed E-state index contributed by atoms with van der Waals surface area (Å²) in [5.74, 6) is -3.04. The number of carbonyl (C=O) groups is 7. The fraction of sp³-hybridized carbons (Fsp3) is 0.468. The lowest BCUT2D eigenvalue weighted by Crippen LogP contribution is -2.54. The largest absolute Gasteiger partial charge is 0.493 e. The van der Waals surface area contributed by atoms with Crippen molar-refractivity contribution in [3.05, 3.63) is 81.9 Å². The van der Waals surface area contributed by atoms with E-state index < -0.39 is 69.0 Å². The van der Waals surface area contributed by atoms with Gasteiger partial charge in [-0.15, -0.1) is 0 Å². The maximum atomic E-state index is 14.1. The number of rotatable bonds is 18. The van der Waals surface area contributed by atoms with E-state index in [0.717, 1.165) is 86.1 Å². The van der Waals surface area contributed by atoms with Gasteiger partial charge in [-0.05, 0) is 92.5 Å². The number of hydrogen-bond donors (Lipinski definition) is 2. The number of fused-ring (bicyclic) bond motifs is 2. The Morgan fingerprint density at radius 2 is 1.58 bits per heavy atom. The average Bonchev–Trinajstić information content (AvgIpc) is 3.65. The molecule has 2 unspecified atom stereocenters. The molecule has 2 saturated heterocycles. The second-order valence-electron chi connectivity index (χ2n) is 17.1. The van der Waals surface area contributed by atoms with Crippen molar-refractivity contribution in [1.82, 2.24) is 15.1 Å². The number of hydrogen-bond acceptors (Lipinski definition) is 12. The van der Waals surface area contributed by atoms with E-state index in [-0.39, 0.29) is 35.2 Å². The van der Waals surface area contributed by atoms with Crippen molar-refractivity contribution in [3.63, 3.8) is 0 Å². The van der Waals surface area contributed by atoms with Gasteiger partial charge >= 0.3 is 0 Å². The summed E-state index contributed by atoms with van der Waals surface area (Å²) in [6.07, 6.45) is 9.64. The monoisotopic (exact) mass is 897 g/mol. The number of methoxy groups -OCH3 is 1. The van der Waals surface area contributed by atoms with E-state index in [1.807, 2.05) is 6.07 Å². The van der Waals surface area contributed by atoms with Gasteiger partial charge in [-0.2, -0.15) is 0 Å². The fourth-order valence-corrected chi connectivity index (χ4v) is 10.4. The van der Waals surface area contributed by atoms with Gasteiger partial charge < -0.3 is 19.7 Å². The Morgan fingerprint density at radius 1 is 0.844 bits per heavy atom. The molecule has 4 aliphatic heterocycles. The van der Waals surface area contributed by atoms with Crippen LogP contribution in [0.5, 0.6) is 11.5 Å². The van der Waals surface area contributed by atoms with Crippen molar-refractivity contribution in [3.8, 4) is 11.5 Å². The number of piperidine rings is 2. The summed E-state index contributed by atoms with van der Waals surface area (Å²) in [5.41, 5.74) is 2.81. The summed E-state index contributed by atoms with van der Waals surface area (Å²) in [7, 11) is -2.23. The highest BCUT2D eigenvalue weighted by atomic mass is 32.2. The van der Waals surface area contributed by atoms with Gasteiger partial charge in [0, 0.05) is 32.7 Å². The molecule has 0 aliphatic carbocycles. The standard InChI is InChI=1S/C47H55N5O11S/c1-5-63-39-26-31(16-18-38(39)62-3)37(27-64(4,60)61)52-45(57)33-24-30(25-34(48-28(2)53)41(33)46(52)58)13-10-8-6-7-9-12-29-20-22-50(23-21-29)35-15-11-14-32-42(35)47(59)51(44(32)56)36-17-19-40(54)49-43(36)55/h11,14-16,18,24-26,29,36-37H,5-10,12-13,17,19-23,27H2,1-4H3,(H,48,53)(H,49,54,55). The number of unbranched alkanes of at least 4 members (excludes halogenated alkanes) is 4. The van der Waals surface area contributed by atoms with Crippen LogP contribution in [0, 0.1) is 5.92 Å². The lowest BCUT2D eigenvalue weighted by atomic mass is 9.90. The highest BCUT2D eigenvalue weighted by molar-refractivity contribution is 7.90. The molecule has 3 aromatic rings. The quantitative estimate of drug-likeness (QED) is 0.118. The second-order valence-corrected chi connectivity index (χ2v) is 19.2. The Kier molecular flexibility index (Phi) is 13.9. The van der Waals surface area contributed by atoms with E-state index in [0.29, 0.717) is 47.3 Å². The molecule has 16 nitrogen and oxygen atoms in total. The zero-order valence-corrected chi connectivity index (χ0v) is 37.5. The minimum atomic E-state index is -3.70. The predicted octanol–water partition coefficient (Wildman–Crippen LogP) is 5.64. The van der Waals surface area contributed by atoms with E-state index in [9.17, 15) is 42.0 Å². The van der Waals surface area contributed by atoms with Crippen molar-refractivity contribution in [1.29, 1.82) is 0 Å². The Hall–Kier alpha value is -6.10. The molecule has 2 atom stereocenters. The highest BCUT2D eigenvalue weighted by Crippen LogP contribution is 2.40. The fourth-order valence-electron chi connectivity index (χ4n) is 9.45. The molecule has 0 saturated carbocycles. The first-order chi connectivity index (χ1) is 30.6. The van der Waals surface area contributed by atoms with Gasteiger partial charge in [0.2, 0.25) is 17.7 Å². The molecule has 2 N–H and O–H groups in total. The number of nitrogens with one attached hydrogen (secondary N) is 2. The number of sulfone groups is 1. The molecular weight excluding hydrogens is 843 g/mol. The van der Waals surface area contributed by atoms with Crippen molar-refractivity contribution < 1.29 is 51.5 Å². The number of benzene rings is 3. The second kappa shape index (κ2) is 19.3. The SMILES string of the molecule is CCOc1cc(C(CS(C)(=O)=O)N2C(=O)c3cc(CCCCCCCC4CCN(c5cccc6c5C(=O)N(C5CCC(=O)NC5=O)C6=O)CC4)cc(NC(C)=O)c3C2=O)ccc1OC. The summed E-state index contributed by atoms with van der Waals surface area (Å²) in [6.45, 7) is 4.89. The van der Waals surface area contributed by atoms with E-state index in [1.54, 1.807) is 49.4 Å². The van der Waals surface area contributed by atoms with Crippen LogP contribution in [0.4, 0.5) is 11.4 Å². The molecule has 3 aromatic carbocycles. The smallest absolute Gasteiger partial charge is 0.264 e. The number of amides is 7. The van der Waals surface area contributed by atoms with Gasteiger partial charge in [0.05, 0.1) is 59.1 Å². The Labute approximate surface area is 372 Å². The van der Waals surface area contributed by atoms with Crippen LogP contribution in [0.1, 0.15) is 137 Å². The first-order valence-corrected chi connectivity index (χ1v) is 24.1. The number of anilines is 2. The molecule has 17 heteroatoms. The molecular formula is C47H55N5O11S. The number of imide groups is 3. The molecule has 64 heavy (non-hydrogen) atoms. The normalized spacial score (nSPS) is 18.3.